The highest BCUT2D eigenvalue weighted by Crippen LogP contribution is 2.40. The number of aromatic nitrogens is 3. The normalized spacial score (nSPS) is 23.0. The summed E-state index contributed by atoms with van der Waals surface area (Å²) in [5.41, 5.74) is 5.13. The molecule has 0 spiro atoms. The molecule has 2 unspecified atom stereocenters. The zero-order chi connectivity index (χ0) is 19.4. The van der Waals surface area contributed by atoms with Crippen LogP contribution in [0.25, 0.3) is 11.3 Å². The minimum atomic E-state index is 0.204. The van der Waals surface area contributed by atoms with Crippen molar-refractivity contribution in [1.29, 1.82) is 0 Å². The first-order valence-corrected chi connectivity index (χ1v) is 10.4. The number of nitrogens with one attached hydrogen (secondary N) is 1. The summed E-state index contributed by atoms with van der Waals surface area (Å²) in [6, 6.07) is 19.7. The van der Waals surface area contributed by atoms with E-state index in [4.69, 9.17) is 0 Å². The van der Waals surface area contributed by atoms with Gasteiger partial charge in [-0.3, -0.25) is 0 Å². The van der Waals surface area contributed by atoms with Crippen LogP contribution in [0.4, 0.5) is 0 Å². The van der Waals surface area contributed by atoms with Crippen LogP contribution in [-0.2, 0) is 11.8 Å². The third-order valence-electron chi connectivity index (χ3n) is 6.58. The summed E-state index contributed by atoms with van der Waals surface area (Å²) in [5.74, 6) is 0.616. The lowest BCUT2D eigenvalue weighted by Gasteiger charge is -2.45. The van der Waals surface area contributed by atoms with Gasteiger partial charge in [0, 0.05) is 12.1 Å². The second kappa shape index (κ2) is 8.27. The number of aryl methyl sites for hydroxylation is 1. The van der Waals surface area contributed by atoms with E-state index in [1.807, 2.05) is 0 Å². The lowest BCUT2D eigenvalue weighted by Crippen LogP contribution is -2.47. The number of hydrogen-bond acceptors (Lipinski definition) is 3. The maximum absolute atomic E-state index is 4.24. The summed E-state index contributed by atoms with van der Waals surface area (Å²) in [6.45, 7) is 8.37. The molecule has 1 aliphatic rings. The Labute approximate surface area is 168 Å². The maximum Gasteiger partial charge on any atom is 0.112 e. The Morgan fingerprint density at radius 1 is 1.14 bits per heavy atom. The van der Waals surface area contributed by atoms with Gasteiger partial charge < -0.3 is 4.90 Å². The van der Waals surface area contributed by atoms with Crippen molar-refractivity contribution in [2.45, 2.75) is 38.5 Å². The van der Waals surface area contributed by atoms with E-state index in [1.165, 1.54) is 50.0 Å². The van der Waals surface area contributed by atoms with Gasteiger partial charge in [0.25, 0.3) is 0 Å². The fourth-order valence-electron chi connectivity index (χ4n) is 4.47. The van der Waals surface area contributed by atoms with Crippen LogP contribution < -0.4 is 0 Å². The zero-order valence-corrected chi connectivity index (χ0v) is 16.9. The number of H-pyrrole nitrogens is 1. The smallest absolute Gasteiger partial charge is 0.112 e. The predicted molar refractivity (Wildman–Crippen MR) is 114 cm³/mol. The van der Waals surface area contributed by atoms with Crippen LogP contribution in [0.1, 0.15) is 37.8 Å². The minimum Gasteiger partial charge on any atom is -0.303 e. The first-order valence-electron chi connectivity index (χ1n) is 10.4. The fourth-order valence-corrected chi connectivity index (χ4v) is 4.47. The molecule has 0 aliphatic carbocycles. The molecule has 4 nitrogen and oxygen atoms in total. The number of hydrogen-bond donors (Lipinski definition) is 1. The van der Waals surface area contributed by atoms with Gasteiger partial charge in [0.05, 0.1) is 6.20 Å². The molecule has 1 aromatic heterocycles. The van der Waals surface area contributed by atoms with E-state index in [2.05, 4.69) is 88.8 Å². The number of piperidine rings is 1. The highest BCUT2D eigenvalue weighted by Gasteiger charge is 2.37. The van der Waals surface area contributed by atoms with Gasteiger partial charge in [-0.15, -0.1) is 0 Å². The molecule has 1 aliphatic heterocycles. The summed E-state index contributed by atoms with van der Waals surface area (Å²) in [7, 11) is 0. The van der Waals surface area contributed by atoms with Gasteiger partial charge >= 0.3 is 0 Å². The molecule has 4 rings (SSSR count). The molecule has 28 heavy (non-hydrogen) atoms. The first kappa shape index (κ1) is 18.9. The second-order valence-electron chi connectivity index (χ2n) is 8.39. The Morgan fingerprint density at radius 2 is 2.00 bits per heavy atom. The van der Waals surface area contributed by atoms with Crippen LogP contribution in [0.2, 0.25) is 0 Å². The first-order chi connectivity index (χ1) is 13.6. The van der Waals surface area contributed by atoms with Crippen LogP contribution in [0.5, 0.6) is 0 Å². The van der Waals surface area contributed by atoms with Gasteiger partial charge in [0.2, 0.25) is 0 Å². The van der Waals surface area contributed by atoms with Crippen LogP contribution in [0.3, 0.4) is 0 Å². The summed E-state index contributed by atoms with van der Waals surface area (Å²) < 4.78 is 0. The topological polar surface area (TPSA) is 44.8 Å². The summed E-state index contributed by atoms with van der Waals surface area (Å²) in [5, 5.41) is 10.9. The molecule has 0 saturated carbocycles. The summed E-state index contributed by atoms with van der Waals surface area (Å²) in [6.07, 6.45) is 5.39. The van der Waals surface area contributed by atoms with E-state index in [0.717, 1.165) is 11.3 Å². The molecule has 2 aromatic carbocycles. The Morgan fingerprint density at radius 3 is 2.75 bits per heavy atom. The van der Waals surface area contributed by atoms with Crippen molar-refractivity contribution in [3.05, 3.63) is 71.9 Å². The van der Waals surface area contributed by atoms with E-state index in [0.29, 0.717) is 5.92 Å². The molecule has 2 heterocycles. The zero-order valence-electron chi connectivity index (χ0n) is 16.9. The Balaban J connectivity index is 1.38. The van der Waals surface area contributed by atoms with Crippen LogP contribution in [-0.4, -0.2) is 39.9 Å². The van der Waals surface area contributed by atoms with E-state index in [1.54, 1.807) is 6.20 Å². The van der Waals surface area contributed by atoms with Crippen molar-refractivity contribution in [2.24, 2.45) is 5.92 Å². The molecule has 0 bridgehead atoms. The van der Waals surface area contributed by atoms with Crippen molar-refractivity contribution in [1.82, 2.24) is 20.3 Å². The highest BCUT2D eigenvalue weighted by molar-refractivity contribution is 5.59. The Hall–Kier alpha value is -2.46. The van der Waals surface area contributed by atoms with Crippen molar-refractivity contribution in [2.75, 3.05) is 19.6 Å². The third-order valence-corrected chi connectivity index (χ3v) is 6.58. The molecule has 146 valence electrons. The standard InChI is InChI=1S/C24H30N4/c1-19-18-28(14-7-10-20-8-4-3-5-9-20)15-13-24(19,2)22-12-6-11-21(16-22)23-17-25-27-26-23/h3-6,8-9,11-12,16-17,19H,7,10,13-15,18H2,1-2H3,(H,25,26,27). The van der Waals surface area contributed by atoms with Gasteiger partial charge in [-0.1, -0.05) is 62.4 Å². The van der Waals surface area contributed by atoms with Gasteiger partial charge in [0.15, 0.2) is 0 Å². The average Bonchev–Trinajstić information content (AvgIpc) is 3.27. The molecule has 0 amide bonds. The fraction of sp³-hybridized carbons (Fsp3) is 0.417. The number of nitrogens with zero attached hydrogens (tertiary/aromatic N) is 3. The van der Waals surface area contributed by atoms with Crippen molar-refractivity contribution in [3.8, 4) is 11.3 Å². The maximum atomic E-state index is 4.24. The second-order valence-corrected chi connectivity index (χ2v) is 8.39. The van der Waals surface area contributed by atoms with Crippen molar-refractivity contribution in [3.63, 3.8) is 0 Å². The average molecular weight is 375 g/mol. The molecule has 1 fully saturated rings. The predicted octanol–water partition coefficient (Wildman–Crippen LogP) is 4.70. The quantitative estimate of drug-likeness (QED) is 0.680. The minimum absolute atomic E-state index is 0.204. The van der Waals surface area contributed by atoms with E-state index in [-0.39, 0.29) is 5.41 Å². The van der Waals surface area contributed by atoms with Crippen molar-refractivity contribution < 1.29 is 0 Å². The van der Waals surface area contributed by atoms with E-state index >= 15 is 0 Å². The monoisotopic (exact) mass is 374 g/mol. The largest absolute Gasteiger partial charge is 0.303 e. The molecule has 4 heteroatoms. The van der Waals surface area contributed by atoms with Gasteiger partial charge in [-0.05, 0) is 60.9 Å². The molecule has 2 atom stereocenters. The molecule has 3 aromatic rings. The van der Waals surface area contributed by atoms with Gasteiger partial charge in [-0.25, -0.2) is 0 Å². The summed E-state index contributed by atoms with van der Waals surface area (Å²) >= 11 is 0. The SMILES string of the molecule is CC1CN(CCCc2ccccc2)CCC1(C)c1cccc(-c2cn[nH]n2)c1. The summed E-state index contributed by atoms with van der Waals surface area (Å²) in [4.78, 5) is 2.65. The third kappa shape index (κ3) is 4.02. The number of aromatic amines is 1. The number of likely N-dealkylation sites (tertiary alicyclic amines) is 1. The Bertz CT molecular complexity index is 875. The Kier molecular flexibility index (Phi) is 5.58. The lowest BCUT2D eigenvalue weighted by molar-refractivity contribution is 0.110. The van der Waals surface area contributed by atoms with Crippen LogP contribution >= 0.6 is 0 Å². The van der Waals surface area contributed by atoms with Gasteiger partial charge in [0.1, 0.15) is 5.69 Å². The van der Waals surface area contributed by atoms with Crippen LogP contribution in [0, 0.1) is 5.92 Å². The molecular weight excluding hydrogens is 344 g/mol. The molecule has 1 N–H and O–H groups in total. The van der Waals surface area contributed by atoms with Crippen molar-refractivity contribution >= 4 is 0 Å². The lowest BCUT2D eigenvalue weighted by atomic mass is 9.67. The number of benzene rings is 2. The van der Waals surface area contributed by atoms with Gasteiger partial charge in [-0.2, -0.15) is 15.4 Å². The van der Waals surface area contributed by atoms with E-state index in [9.17, 15) is 0 Å². The van der Waals surface area contributed by atoms with Crippen LogP contribution in [0.15, 0.2) is 60.8 Å². The molecular formula is C24H30N4. The number of rotatable bonds is 6. The molecule has 0 radical (unpaired) electrons. The molecule has 1 saturated heterocycles. The highest BCUT2D eigenvalue weighted by atomic mass is 15.3. The van der Waals surface area contributed by atoms with E-state index < -0.39 is 0 Å².